The molecule has 5 nitrogen and oxygen atoms in total. The van der Waals surface area contributed by atoms with E-state index in [1.807, 2.05) is 22.6 Å². The van der Waals surface area contributed by atoms with Crippen molar-refractivity contribution in [2.45, 2.75) is 19.4 Å². The summed E-state index contributed by atoms with van der Waals surface area (Å²) in [7, 11) is 0. The van der Waals surface area contributed by atoms with Crippen LogP contribution in [-0.2, 0) is 13.0 Å². The number of aromatic nitrogens is 1. The van der Waals surface area contributed by atoms with E-state index in [1.165, 1.54) is 12.1 Å². The van der Waals surface area contributed by atoms with Crippen molar-refractivity contribution in [2.75, 3.05) is 5.32 Å². The molecule has 1 aliphatic rings. The van der Waals surface area contributed by atoms with Crippen LogP contribution in [0.5, 0.6) is 0 Å². The third-order valence-electron chi connectivity index (χ3n) is 3.66. The molecule has 0 saturated carbocycles. The lowest BCUT2D eigenvalue weighted by atomic mass is 10.1. The third-order valence-corrected chi connectivity index (χ3v) is 4.33. The zero-order valence-electron chi connectivity index (χ0n) is 11.5. The molecule has 1 aliphatic heterocycles. The minimum absolute atomic E-state index is 0.199. The van der Waals surface area contributed by atoms with E-state index in [2.05, 4.69) is 5.32 Å². The van der Waals surface area contributed by atoms with Crippen LogP contribution in [0.3, 0.4) is 0 Å². The number of anilines is 2. The van der Waals surface area contributed by atoms with E-state index in [1.54, 1.807) is 16.7 Å². The van der Waals surface area contributed by atoms with Gasteiger partial charge in [-0.2, -0.15) is 0 Å². The predicted octanol–water partition coefficient (Wildman–Crippen LogP) is 2.38. The van der Waals surface area contributed by atoms with Crippen LogP contribution < -0.4 is 16.6 Å². The van der Waals surface area contributed by atoms with Gasteiger partial charge in [-0.1, -0.05) is 0 Å². The molecule has 0 aliphatic carbocycles. The second-order valence-corrected chi connectivity index (χ2v) is 6.33. The first-order valence-electron chi connectivity index (χ1n) is 6.76. The second kappa shape index (κ2) is 5.71. The lowest BCUT2D eigenvalue weighted by Crippen LogP contribution is -2.25. The fourth-order valence-corrected chi connectivity index (χ4v) is 3.17. The van der Waals surface area contributed by atoms with Crippen LogP contribution >= 0.6 is 22.6 Å². The van der Waals surface area contributed by atoms with Crippen LogP contribution in [0.2, 0.25) is 0 Å². The molecule has 3 N–H and O–H groups in total. The Morgan fingerprint density at radius 3 is 2.77 bits per heavy atom. The van der Waals surface area contributed by atoms with Gasteiger partial charge in [0.2, 0.25) is 0 Å². The number of fused-ring (bicyclic) bond motifs is 1. The summed E-state index contributed by atoms with van der Waals surface area (Å²) in [6.07, 6.45) is 1.40. The maximum Gasteiger partial charge on any atom is 0.252 e. The summed E-state index contributed by atoms with van der Waals surface area (Å²) in [4.78, 5) is 23.9. The average Bonchev–Trinajstić information content (AvgIpc) is 2.91. The quantitative estimate of drug-likeness (QED) is 0.759. The predicted molar refractivity (Wildman–Crippen MR) is 89.9 cm³/mol. The number of nitrogens with two attached hydrogens (primary N) is 1. The summed E-state index contributed by atoms with van der Waals surface area (Å²) in [5, 5.41) is 2.83. The number of carbonyl (C=O) groups is 1. The van der Waals surface area contributed by atoms with Gasteiger partial charge < -0.3 is 15.6 Å². The van der Waals surface area contributed by atoms with Crippen molar-refractivity contribution < 1.29 is 9.18 Å². The molecule has 0 atom stereocenters. The fraction of sp³-hybridized carbons (Fsp3) is 0.200. The standard InChI is InChI=1S/C15H13FIN3O2/c16-9-6-8(17)3-4-10(9)19-11-7-13(21)20-5-1-2-12(20)14(11)15(18)22/h3-4,6-7,19H,1-2,5H2,(H2,18,22). The first kappa shape index (κ1) is 15.0. The zero-order chi connectivity index (χ0) is 15.9. The van der Waals surface area contributed by atoms with E-state index in [4.69, 9.17) is 5.73 Å². The highest BCUT2D eigenvalue weighted by molar-refractivity contribution is 14.1. The molecule has 0 radical (unpaired) electrons. The van der Waals surface area contributed by atoms with Crippen LogP contribution in [0.1, 0.15) is 22.5 Å². The van der Waals surface area contributed by atoms with Gasteiger partial charge in [0.1, 0.15) is 5.82 Å². The number of amides is 1. The lowest BCUT2D eigenvalue weighted by Gasteiger charge is -2.15. The molecule has 1 aromatic carbocycles. The topological polar surface area (TPSA) is 77.1 Å². The van der Waals surface area contributed by atoms with Crippen molar-refractivity contribution in [3.05, 3.63) is 55.3 Å². The number of hydrogen-bond acceptors (Lipinski definition) is 3. The molecule has 0 spiro atoms. The van der Waals surface area contributed by atoms with E-state index < -0.39 is 11.7 Å². The van der Waals surface area contributed by atoms with Crippen LogP contribution in [0.4, 0.5) is 15.8 Å². The van der Waals surface area contributed by atoms with Gasteiger partial charge in [0.25, 0.3) is 11.5 Å². The molecule has 2 heterocycles. The summed E-state index contributed by atoms with van der Waals surface area (Å²) in [5.74, 6) is -1.08. The highest BCUT2D eigenvalue weighted by Crippen LogP contribution is 2.27. The monoisotopic (exact) mass is 413 g/mol. The SMILES string of the molecule is NC(=O)c1c(Nc2ccc(I)cc2F)cc(=O)n2c1CCC2. The van der Waals surface area contributed by atoms with Gasteiger partial charge in [0, 0.05) is 21.9 Å². The minimum atomic E-state index is -0.626. The molecule has 1 amide bonds. The minimum Gasteiger partial charge on any atom is -0.365 e. The van der Waals surface area contributed by atoms with Crippen molar-refractivity contribution in [3.8, 4) is 0 Å². The van der Waals surface area contributed by atoms with E-state index in [0.29, 0.717) is 18.7 Å². The Morgan fingerprint density at radius 1 is 1.32 bits per heavy atom. The Labute approximate surface area is 139 Å². The van der Waals surface area contributed by atoms with Gasteiger partial charge in [-0.05, 0) is 53.6 Å². The second-order valence-electron chi connectivity index (χ2n) is 5.09. The molecule has 22 heavy (non-hydrogen) atoms. The summed E-state index contributed by atoms with van der Waals surface area (Å²) in [5.41, 5.74) is 6.58. The fourth-order valence-electron chi connectivity index (χ4n) is 2.72. The van der Waals surface area contributed by atoms with Crippen LogP contribution in [0, 0.1) is 9.39 Å². The molecule has 114 valence electrons. The molecule has 1 aromatic heterocycles. The van der Waals surface area contributed by atoms with Gasteiger partial charge in [0.05, 0.1) is 16.9 Å². The largest absolute Gasteiger partial charge is 0.365 e. The number of nitrogens with zero attached hydrogens (tertiary/aromatic N) is 1. The van der Waals surface area contributed by atoms with E-state index in [9.17, 15) is 14.0 Å². The number of nitrogens with one attached hydrogen (secondary N) is 1. The number of carbonyl (C=O) groups excluding carboxylic acids is 1. The van der Waals surface area contributed by atoms with Crippen molar-refractivity contribution >= 4 is 39.9 Å². The lowest BCUT2D eigenvalue weighted by molar-refractivity contribution is 0.0999. The van der Waals surface area contributed by atoms with Gasteiger partial charge in [0.15, 0.2) is 0 Å². The number of primary amides is 1. The van der Waals surface area contributed by atoms with Crippen molar-refractivity contribution in [1.82, 2.24) is 4.57 Å². The number of benzene rings is 1. The Hall–Kier alpha value is -1.90. The summed E-state index contributed by atoms with van der Waals surface area (Å²) in [6.45, 7) is 0.576. The number of hydrogen-bond donors (Lipinski definition) is 2. The van der Waals surface area contributed by atoms with Crippen molar-refractivity contribution in [1.29, 1.82) is 0 Å². The molecule has 0 unspecified atom stereocenters. The summed E-state index contributed by atoms with van der Waals surface area (Å²) < 4.78 is 16.3. The Balaban J connectivity index is 2.13. The highest BCUT2D eigenvalue weighted by atomic mass is 127. The number of halogens is 2. The first-order valence-corrected chi connectivity index (χ1v) is 7.84. The highest BCUT2D eigenvalue weighted by Gasteiger charge is 2.23. The maximum atomic E-state index is 14.0. The molecule has 0 bridgehead atoms. The Bertz CT molecular complexity index is 832. The summed E-state index contributed by atoms with van der Waals surface area (Å²) >= 11 is 2.00. The van der Waals surface area contributed by atoms with Gasteiger partial charge in [-0.15, -0.1) is 0 Å². The molecule has 7 heteroatoms. The molecular formula is C15H13FIN3O2. The average molecular weight is 413 g/mol. The summed E-state index contributed by atoms with van der Waals surface area (Å²) in [6, 6.07) is 5.96. The maximum absolute atomic E-state index is 14.0. The smallest absolute Gasteiger partial charge is 0.252 e. The Kier molecular flexibility index (Phi) is 3.90. The normalized spacial score (nSPS) is 13.0. The van der Waals surface area contributed by atoms with Crippen LogP contribution in [-0.4, -0.2) is 10.5 Å². The number of rotatable bonds is 3. The van der Waals surface area contributed by atoms with Crippen molar-refractivity contribution in [3.63, 3.8) is 0 Å². The van der Waals surface area contributed by atoms with E-state index in [-0.39, 0.29) is 22.5 Å². The molecule has 0 fully saturated rings. The molecule has 2 aromatic rings. The molecular weight excluding hydrogens is 400 g/mol. The van der Waals surface area contributed by atoms with Gasteiger partial charge in [-0.25, -0.2) is 4.39 Å². The molecule has 0 saturated heterocycles. The van der Waals surface area contributed by atoms with Crippen molar-refractivity contribution in [2.24, 2.45) is 5.73 Å². The van der Waals surface area contributed by atoms with Gasteiger partial charge >= 0.3 is 0 Å². The first-order chi connectivity index (χ1) is 10.5. The zero-order valence-corrected chi connectivity index (χ0v) is 13.7. The van der Waals surface area contributed by atoms with E-state index in [0.717, 1.165) is 9.99 Å². The number of pyridine rings is 1. The Morgan fingerprint density at radius 2 is 2.09 bits per heavy atom. The molecule has 3 rings (SSSR count). The van der Waals surface area contributed by atoms with E-state index >= 15 is 0 Å². The van der Waals surface area contributed by atoms with Gasteiger partial charge in [-0.3, -0.25) is 9.59 Å². The van der Waals surface area contributed by atoms with Crippen LogP contribution in [0.25, 0.3) is 0 Å². The van der Waals surface area contributed by atoms with Crippen LogP contribution in [0.15, 0.2) is 29.1 Å². The third kappa shape index (κ3) is 2.60.